The summed E-state index contributed by atoms with van der Waals surface area (Å²) >= 11 is 0. The van der Waals surface area contributed by atoms with Gasteiger partial charge in [-0.25, -0.2) is 27.4 Å². The van der Waals surface area contributed by atoms with E-state index in [1.807, 2.05) is 23.2 Å². The van der Waals surface area contributed by atoms with E-state index in [9.17, 15) is 13.2 Å². The maximum absolute atomic E-state index is 12.9. The molecule has 2 aliphatic heterocycles. The van der Waals surface area contributed by atoms with E-state index in [1.165, 1.54) is 16.9 Å². The number of nitrogens with zero attached hydrogens (tertiary/aromatic N) is 7. The van der Waals surface area contributed by atoms with Crippen molar-refractivity contribution in [1.82, 2.24) is 29.0 Å². The Labute approximate surface area is 170 Å². The third-order valence-corrected chi connectivity index (χ3v) is 6.87. The smallest absolute Gasteiger partial charge is 0.225 e. The summed E-state index contributed by atoms with van der Waals surface area (Å²) in [7, 11) is -3.17. The van der Waals surface area contributed by atoms with Crippen molar-refractivity contribution < 1.29 is 13.2 Å². The summed E-state index contributed by atoms with van der Waals surface area (Å²) in [5, 5.41) is 4.19. The second-order valence-electron chi connectivity index (χ2n) is 7.43. The number of aromatic nitrogens is 4. The third kappa shape index (κ3) is 4.40. The minimum atomic E-state index is -3.17. The van der Waals surface area contributed by atoms with E-state index in [-0.39, 0.29) is 11.8 Å². The van der Waals surface area contributed by atoms with Gasteiger partial charge in [0.1, 0.15) is 12.1 Å². The van der Waals surface area contributed by atoms with Crippen LogP contribution in [0.15, 0.2) is 30.9 Å². The molecular formula is C18H25N7O3S. The van der Waals surface area contributed by atoms with Gasteiger partial charge in [-0.15, -0.1) is 0 Å². The Kier molecular flexibility index (Phi) is 5.50. The van der Waals surface area contributed by atoms with Crippen LogP contribution in [0, 0.1) is 5.92 Å². The van der Waals surface area contributed by atoms with Gasteiger partial charge in [0, 0.05) is 63.6 Å². The first-order valence-corrected chi connectivity index (χ1v) is 11.6. The van der Waals surface area contributed by atoms with Gasteiger partial charge in [0.25, 0.3) is 0 Å². The Hall–Kier alpha value is -2.53. The van der Waals surface area contributed by atoms with E-state index in [0.717, 1.165) is 5.82 Å². The maximum Gasteiger partial charge on any atom is 0.225 e. The van der Waals surface area contributed by atoms with Crippen LogP contribution in [0.5, 0.6) is 0 Å². The van der Waals surface area contributed by atoms with Crippen LogP contribution >= 0.6 is 0 Å². The number of piperidine rings is 1. The monoisotopic (exact) mass is 419 g/mol. The van der Waals surface area contributed by atoms with E-state index >= 15 is 0 Å². The van der Waals surface area contributed by atoms with Crippen molar-refractivity contribution in [2.45, 2.75) is 12.8 Å². The lowest BCUT2D eigenvalue weighted by atomic mass is 9.96. The highest BCUT2D eigenvalue weighted by Gasteiger charge is 2.32. The highest BCUT2D eigenvalue weighted by Crippen LogP contribution is 2.23. The van der Waals surface area contributed by atoms with Crippen LogP contribution < -0.4 is 4.90 Å². The predicted octanol–water partition coefficient (Wildman–Crippen LogP) is -0.0175. The molecule has 1 amide bonds. The molecule has 0 aromatic carbocycles. The number of carbonyl (C=O) groups is 1. The first kappa shape index (κ1) is 19.8. The summed E-state index contributed by atoms with van der Waals surface area (Å²) in [4.78, 5) is 25.5. The molecule has 2 aromatic heterocycles. The van der Waals surface area contributed by atoms with E-state index in [2.05, 4.69) is 20.0 Å². The fraction of sp³-hybridized carbons (Fsp3) is 0.556. The molecule has 2 aliphatic rings. The van der Waals surface area contributed by atoms with Gasteiger partial charge in [0.05, 0.1) is 6.26 Å². The molecule has 4 heterocycles. The number of amides is 1. The van der Waals surface area contributed by atoms with Crippen LogP contribution in [0.4, 0.5) is 5.82 Å². The lowest BCUT2D eigenvalue weighted by Crippen LogP contribution is -2.52. The summed E-state index contributed by atoms with van der Waals surface area (Å²) < 4.78 is 26.4. The zero-order valence-corrected chi connectivity index (χ0v) is 17.2. The molecule has 0 spiro atoms. The molecular weight excluding hydrogens is 394 g/mol. The molecule has 0 radical (unpaired) electrons. The van der Waals surface area contributed by atoms with E-state index in [4.69, 9.17) is 0 Å². The first-order valence-electron chi connectivity index (χ1n) is 9.73. The van der Waals surface area contributed by atoms with Crippen molar-refractivity contribution in [3.8, 4) is 5.82 Å². The molecule has 4 rings (SSSR count). The molecule has 0 saturated carbocycles. The summed E-state index contributed by atoms with van der Waals surface area (Å²) in [6.45, 7) is 3.50. The van der Waals surface area contributed by atoms with Crippen molar-refractivity contribution in [3.05, 3.63) is 30.9 Å². The Morgan fingerprint density at radius 1 is 1.03 bits per heavy atom. The quantitative estimate of drug-likeness (QED) is 0.686. The molecule has 2 aromatic rings. The topological polar surface area (TPSA) is 105 Å². The molecule has 10 nitrogen and oxygen atoms in total. The second kappa shape index (κ2) is 8.07. The average Bonchev–Trinajstić information content (AvgIpc) is 3.28. The number of piperazine rings is 1. The van der Waals surface area contributed by atoms with Crippen molar-refractivity contribution in [2.75, 3.05) is 50.4 Å². The van der Waals surface area contributed by atoms with Crippen LogP contribution in [-0.4, -0.2) is 88.8 Å². The summed E-state index contributed by atoms with van der Waals surface area (Å²) in [6.07, 6.45) is 7.46. The zero-order valence-electron chi connectivity index (χ0n) is 16.4. The minimum absolute atomic E-state index is 0.0926. The fourth-order valence-electron chi connectivity index (χ4n) is 3.89. The predicted molar refractivity (Wildman–Crippen MR) is 107 cm³/mol. The van der Waals surface area contributed by atoms with Crippen molar-refractivity contribution >= 4 is 21.7 Å². The highest BCUT2D eigenvalue weighted by molar-refractivity contribution is 7.88. The molecule has 0 bridgehead atoms. The van der Waals surface area contributed by atoms with Gasteiger partial charge in [-0.3, -0.25) is 4.79 Å². The van der Waals surface area contributed by atoms with Crippen LogP contribution in [0.1, 0.15) is 12.8 Å². The number of anilines is 1. The van der Waals surface area contributed by atoms with Gasteiger partial charge < -0.3 is 9.80 Å². The number of hydrogen-bond donors (Lipinski definition) is 0. The molecule has 0 unspecified atom stereocenters. The molecule has 11 heteroatoms. The Bertz CT molecular complexity index is 948. The van der Waals surface area contributed by atoms with Gasteiger partial charge in [0.2, 0.25) is 15.9 Å². The number of sulfonamides is 1. The number of carbonyl (C=O) groups excluding carboxylic acids is 1. The lowest BCUT2D eigenvalue weighted by molar-refractivity contribution is -0.137. The van der Waals surface area contributed by atoms with Crippen LogP contribution in [0.25, 0.3) is 5.82 Å². The SMILES string of the molecule is CS(=O)(=O)N1CCC(C(=O)N2CCN(c3cc(-n4cccn4)ncn3)CC2)CC1. The molecule has 156 valence electrons. The standard InChI is InChI=1S/C18H25N7O3S/c1-29(27,28)24-7-3-15(4-8-24)18(26)23-11-9-22(10-12-23)16-13-17(20-14-19-16)25-6-2-5-21-25/h2,5-6,13-15H,3-4,7-12H2,1H3. The highest BCUT2D eigenvalue weighted by atomic mass is 32.2. The largest absolute Gasteiger partial charge is 0.353 e. The molecule has 0 aliphatic carbocycles. The Morgan fingerprint density at radius 2 is 1.72 bits per heavy atom. The minimum Gasteiger partial charge on any atom is -0.353 e. The second-order valence-corrected chi connectivity index (χ2v) is 9.42. The van der Waals surface area contributed by atoms with Crippen molar-refractivity contribution in [3.63, 3.8) is 0 Å². The average molecular weight is 420 g/mol. The van der Waals surface area contributed by atoms with Gasteiger partial charge in [-0.05, 0) is 18.9 Å². The van der Waals surface area contributed by atoms with Crippen LogP contribution in [0.2, 0.25) is 0 Å². The molecule has 2 fully saturated rings. The number of rotatable bonds is 4. The third-order valence-electron chi connectivity index (χ3n) is 5.56. The van der Waals surface area contributed by atoms with E-state index < -0.39 is 10.0 Å². The first-order chi connectivity index (χ1) is 13.9. The fourth-order valence-corrected chi connectivity index (χ4v) is 4.76. The Balaban J connectivity index is 1.33. The normalized spacial score (nSPS) is 19.5. The molecule has 0 atom stereocenters. The van der Waals surface area contributed by atoms with Crippen molar-refractivity contribution in [1.29, 1.82) is 0 Å². The van der Waals surface area contributed by atoms with Crippen molar-refractivity contribution in [2.24, 2.45) is 5.92 Å². The van der Waals surface area contributed by atoms with Crippen LogP contribution in [0.3, 0.4) is 0 Å². The van der Waals surface area contributed by atoms with Crippen LogP contribution in [-0.2, 0) is 14.8 Å². The van der Waals surface area contributed by atoms with E-state index in [0.29, 0.717) is 57.9 Å². The van der Waals surface area contributed by atoms with E-state index in [1.54, 1.807) is 10.9 Å². The Morgan fingerprint density at radius 3 is 2.34 bits per heavy atom. The summed E-state index contributed by atoms with van der Waals surface area (Å²) in [5.74, 6) is 1.57. The molecule has 0 N–H and O–H groups in total. The lowest BCUT2D eigenvalue weighted by Gasteiger charge is -2.38. The summed E-state index contributed by atoms with van der Waals surface area (Å²) in [6, 6.07) is 3.73. The molecule has 2 saturated heterocycles. The summed E-state index contributed by atoms with van der Waals surface area (Å²) in [5.41, 5.74) is 0. The van der Waals surface area contributed by atoms with Gasteiger partial charge in [0.15, 0.2) is 5.82 Å². The van der Waals surface area contributed by atoms with Gasteiger partial charge >= 0.3 is 0 Å². The van der Waals surface area contributed by atoms with Gasteiger partial charge in [-0.2, -0.15) is 5.10 Å². The zero-order chi connectivity index (χ0) is 20.4. The maximum atomic E-state index is 12.9. The molecule has 29 heavy (non-hydrogen) atoms. The number of hydrogen-bond acceptors (Lipinski definition) is 7. The van der Waals surface area contributed by atoms with Gasteiger partial charge in [-0.1, -0.05) is 0 Å².